The van der Waals surface area contributed by atoms with Crippen LogP contribution < -0.4 is 10.1 Å². The summed E-state index contributed by atoms with van der Waals surface area (Å²) < 4.78 is 7.19. The van der Waals surface area contributed by atoms with Crippen LogP contribution in [-0.4, -0.2) is 46.2 Å². The number of aromatic nitrogens is 2. The van der Waals surface area contributed by atoms with E-state index < -0.39 is 0 Å². The molecule has 110 valence electrons. The normalized spacial score (nSPS) is 14.4. The Bertz CT molecular complexity index is 391. The predicted octanol–water partition coefficient (Wildman–Crippen LogP) is 1.19. The van der Waals surface area contributed by atoms with Crippen molar-refractivity contribution in [3.05, 3.63) is 11.3 Å². The Morgan fingerprint density at radius 1 is 1.53 bits per heavy atom. The number of hydrogen-bond donors (Lipinski definition) is 2. The number of aliphatic hydroxyl groups is 1. The molecule has 1 aromatic rings. The lowest BCUT2D eigenvalue weighted by atomic mass is 10.1. The number of nitrogens with one attached hydrogen (secondary N) is 1. The first kappa shape index (κ1) is 16.3. The fourth-order valence-corrected chi connectivity index (χ4v) is 2.81. The Kier molecular flexibility index (Phi) is 6.68. The van der Waals surface area contributed by atoms with Crippen LogP contribution >= 0.6 is 11.8 Å². The number of ether oxygens (including phenoxy) is 1. The van der Waals surface area contributed by atoms with Crippen LogP contribution in [0.15, 0.2) is 0 Å². The zero-order chi connectivity index (χ0) is 14.4. The van der Waals surface area contributed by atoms with Gasteiger partial charge in [0.25, 0.3) is 0 Å². The second-order valence-electron chi connectivity index (χ2n) is 4.54. The summed E-state index contributed by atoms with van der Waals surface area (Å²) in [6.07, 6.45) is 2.90. The Morgan fingerprint density at radius 3 is 2.68 bits per heavy atom. The number of rotatable bonds is 8. The van der Waals surface area contributed by atoms with E-state index in [0.29, 0.717) is 6.54 Å². The monoisotopic (exact) mass is 287 g/mol. The molecule has 0 spiro atoms. The highest BCUT2D eigenvalue weighted by Crippen LogP contribution is 2.22. The SMILES string of the molecule is CCc1nn(C)c(OC)c1CNC(C)C(CO)SC. The van der Waals surface area contributed by atoms with E-state index in [1.165, 1.54) is 0 Å². The summed E-state index contributed by atoms with van der Waals surface area (Å²) in [6.45, 7) is 5.07. The first-order chi connectivity index (χ1) is 9.08. The van der Waals surface area contributed by atoms with Crippen LogP contribution in [0.3, 0.4) is 0 Å². The number of hydrogen-bond acceptors (Lipinski definition) is 5. The first-order valence-electron chi connectivity index (χ1n) is 6.54. The second-order valence-corrected chi connectivity index (χ2v) is 5.61. The van der Waals surface area contributed by atoms with Gasteiger partial charge in [-0.15, -0.1) is 0 Å². The van der Waals surface area contributed by atoms with E-state index >= 15 is 0 Å². The van der Waals surface area contributed by atoms with Crippen molar-refractivity contribution in [3.63, 3.8) is 0 Å². The smallest absolute Gasteiger partial charge is 0.216 e. The van der Waals surface area contributed by atoms with E-state index in [4.69, 9.17) is 4.74 Å². The second kappa shape index (κ2) is 7.77. The van der Waals surface area contributed by atoms with Crippen LogP contribution in [0.1, 0.15) is 25.1 Å². The van der Waals surface area contributed by atoms with Gasteiger partial charge in [0.15, 0.2) is 0 Å². The van der Waals surface area contributed by atoms with Gasteiger partial charge >= 0.3 is 0 Å². The zero-order valence-electron chi connectivity index (χ0n) is 12.4. The molecule has 0 aliphatic rings. The van der Waals surface area contributed by atoms with Gasteiger partial charge in [-0.2, -0.15) is 16.9 Å². The summed E-state index contributed by atoms with van der Waals surface area (Å²) in [7, 11) is 3.56. The van der Waals surface area contributed by atoms with Gasteiger partial charge in [-0.05, 0) is 19.6 Å². The van der Waals surface area contributed by atoms with Gasteiger partial charge in [-0.3, -0.25) is 0 Å². The molecule has 19 heavy (non-hydrogen) atoms. The van der Waals surface area contributed by atoms with Gasteiger partial charge < -0.3 is 15.2 Å². The topological polar surface area (TPSA) is 59.3 Å². The maximum atomic E-state index is 9.30. The first-order valence-corrected chi connectivity index (χ1v) is 7.83. The highest BCUT2D eigenvalue weighted by molar-refractivity contribution is 7.99. The highest BCUT2D eigenvalue weighted by Gasteiger charge is 2.19. The summed E-state index contributed by atoms with van der Waals surface area (Å²) >= 11 is 1.67. The minimum atomic E-state index is 0.181. The molecule has 0 radical (unpaired) electrons. The highest BCUT2D eigenvalue weighted by atomic mass is 32.2. The Hall–Kier alpha value is -0.720. The van der Waals surface area contributed by atoms with Gasteiger partial charge in [-0.25, -0.2) is 4.68 Å². The third-order valence-electron chi connectivity index (χ3n) is 3.34. The van der Waals surface area contributed by atoms with Crippen LogP contribution in [0.2, 0.25) is 0 Å². The van der Waals surface area contributed by atoms with Crippen LogP contribution in [0.5, 0.6) is 5.88 Å². The van der Waals surface area contributed by atoms with Crippen LogP contribution in [0.4, 0.5) is 0 Å². The molecule has 0 aromatic carbocycles. The molecule has 0 saturated heterocycles. The molecule has 1 aromatic heterocycles. The standard InChI is InChI=1S/C13H25N3O2S/c1-6-11-10(13(18-4)16(3)15-11)7-14-9(2)12(8-17)19-5/h9,12,14,17H,6-8H2,1-5H3. The largest absolute Gasteiger partial charge is 0.481 e. The summed E-state index contributed by atoms with van der Waals surface area (Å²) in [5.41, 5.74) is 2.17. The molecule has 0 bridgehead atoms. The zero-order valence-corrected chi connectivity index (χ0v) is 13.3. The molecule has 1 rings (SSSR count). The lowest BCUT2D eigenvalue weighted by Crippen LogP contribution is -2.37. The summed E-state index contributed by atoms with van der Waals surface area (Å²) in [5, 5.41) is 17.4. The van der Waals surface area contributed by atoms with Crippen molar-refractivity contribution in [2.24, 2.45) is 7.05 Å². The molecule has 2 unspecified atom stereocenters. The fourth-order valence-electron chi connectivity index (χ4n) is 2.15. The molecule has 1 heterocycles. The molecular formula is C13H25N3O2S. The summed E-state index contributed by atoms with van der Waals surface area (Å²) in [6, 6.07) is 0.231. The molecule has 0 fully saturated rings. The maximum Gasteiger partial charge on any atom is 0.216 e. The third-order valence-corrected chi connectivity index (χ3v) is 4.50. The van der Waals surface area contributed by atoms with Crippen molar-refractivity contribution in [2.75, 3.05) is 20.0 Å². The number of aliphatic hydroxyl groups excluding tert-OH is 1. The predicted molar refractivity (Wildman–Crippen MR) is 79.8 cm³/mol. The number of thioether (sulfide) groups is 1. The van der Waals surface area contributed by atoms with E-state index in [9.17, 15) is 5.11 Å². The molecule has 0 aliphatic heterocycles. The van der Waals surface area contributed by atoms with Gasteiger partial charge in [0.1, 0.15) is 0 Å². The van der Waals surface area contributed by atoms with Crippen LogP contribution in [0.25, 0.3) is 0 Å². The fraction of sp³-hybridized carbons (Fsp3) is 0.769. The third kappa shape index (κ3) is 3.87. The van der Waals surface area contributed by atoms with Gasteiger partial charge in [0, 0.05) is 24.9 Å². The van der Waals surface area contributed by atoms with Crippen molar-refractivity contribution in [3.8, 4) is 5.88 Å². The van der Waals surface area contributed by atoms with E-state index in [1.54, 1.807) is 23.6 Å². The minimum absolute atomic E-state index is 0.181. The summed E-state index contributed by atoms with van der Waals surface area (Å²) in [4.78, 5) is 0. The lowest BCUT2D eigenvalue weighted by molar-refractivity contribution is 0.275. The molecule has 0 aliphatic carbocycles. The van der Waals surface area contributed by atoms with Crippen molar-refractivity contribution in [2.45, 2.75) is 38.1 Å². The number of aryl methyl sites for hydroxylation is 2. The van der Waals surface area contributed by atoms with Crippen LogP contribution in [-0.2, 0) is 20.0 Å². The maximum absolute atomic E-state index is 9.30. The average Bonchev–Trinajstić information content (AvgIpc) is 2.73. The lowest BCUT2D eigenvalue weighted by Gasteiger charge is -2.21. The number of nitrogens with zero attached hydrogens (tertiary/aromatic N) is 2. The molecule has 2 atom stereocenters. The van der Waals surface area contributed by atoms with Crippen molar-refractivity contribution in [1.29, 1.82) is 0 Å². The quantitative estimate of drug-likeness (QED) is 0.752. The minimum Gasteiger partial charge on any atom is -0.481 e. The molecular weight excluding hydrogens is 262 g/mol. The van der Waals surface area contributed by atoms with Crippen molar-refractivity contribution < 1.29 is 9.84 Å². The Labute approximate surface area is 119 Å². The molecule has 6 heteroatoms. The Morgan fingerprint density at radius 2 is 2.21 bits per heavy atom. The van der Waals surface area contributed by atoms with Crippen LogP contribution in [0, 0.1) is 0 Å². The molecule has 5 nitrogen and oxygen atoms in total. The molecule has 0 saturated carbocycles. The number of methoxy groups -OCH3 is 1. The van der Waals surface area contributed by atoms with Gasteiger partial charge in [0.2, 0.25) is 5.88 Å². The van der Waals surface area contributed by atoms with E-state index in [0.717, 1.165) is 23.6 Å². The van der Waals surface area contributed by atoms with Crippen molar-refractivity contribution in [1.82, 2.24) is 15.1 Å². The summed E-state index contributed by atoms with van der Waals surface area (Å²) in [5.74, 6) is 0.807. The molecule has 2 N–H and O–H groups in total. The van der Waals surface area contributed by atoms with E-state index in [-0.39, 0.29) is 17.9 Å². The Balaban J connectivity index is 2.76. The van der Waals surface area contributed by atoms with E-state index in [2.05, 4.69) is 24.3 Å². The van der Waals surface area contributed by atoms with Gasteiger partial charge in [0.05, 0.1) is 25.0 Å². The molecule has 0 amide bonds. The van der Waals surface area contributed by atoms with Gasteiger partial charge in [-0.1, -0.05) is 6.92 Å². The van der Waals surface area contributed by atoms with Crippen molar-refractivity contribution >= 4 is 11.8 Å². The average molecular weight is 287 g/mol. The van der Waals surface area contributed by atoms with E-state index in [1.807, 2.05) is 13.3 Å².